The molecule has 30 heavy (non-hydrogen) atoms. The lowest BCUT2D eigenvalue weighted by Gasteiger charge is -2.10. The fraction of sp³-hybridized carbons (Fsp3) is 0.150. The Hall–Kier alpha value is -3.69. The Bertz CT molecular complexity index is 1110. The van der Waals surface area contributed by atoms with E-state index in [9.17, 15) is 27.2 Å². The number of aromatic nitrogens is 2. The maximum atomic E-state index is 14.8. The molecule has 0 unspecified atom stereocenters. The quantitative estimate of drug-likeness (QED) is 0.464. The molecule has 0 spiro atoms. The average Bonchev–Trinajstić information content (AvgIpc) is 3.13. The molecule has 0 N–H and O–H groups in total. The number of carbonyl (C=O) groups excluding carboxylic acids is 2. The van der Waals surface area contributed by atoms with E-state index in [1.54, 1.807) is 18.2 Å². The molecule has 6 nitrogen and oxygen atoms in total. The van der Waals surface area contributed by atoms with Gasteiger partial charge in [-0.1, -0.05) is 24.3 Å². The molecule has 156 valence electrons. The number of hydrogen-bond acceptors (Lipinski definition) is 5. The van der Waals surface area contributed by atoms with Gasteiger partial charge in [-0.2, -0.15) is 18.3 Å². The van der Waals surface area contributed by atoms with Crippen LogP contribution in [-0.2, 0) is 15.7 Å². The summed E-state index contributed by atoms with van der Waals surface area (Å²) in [6.45, 7) is 0. The van der Waals surface area contributed by atoms with Gasteiger partial charge in [0.2, 0.25) is 0 Å². The highest BCUT2D eigenvalue weighted by Crippen LogP contribution is 2.37. The van der Waals surface area contributed by atoms with E-state index in [4.69, 9.17) is 4.74 Å². The first-order valence-corrected chi connectivity index (χ1v) is 8.41. The Morgan fingerprint density at radius 2 is 1.57 bits per heavy atom. The molecule has 2 aromatic carbocycles. The summed E-state index contributed by atoms with van der Waals surface area (Å²) in [5.41, 5.74) is -3.29. The van der Waals surface area contributed by atoms with Crippen LogP contribution in [0.3, 0.4) is 0 Å². The van der Waals surface area contributed by atoms with Gasteiger partial charge in [0, 0.05) is 5.56 Å². The van der Waals surface area contributed by atoms with Crippen LogP contribution in [-0.4, -0.2) is 35.9 Å². The van der Waals surface area contributed by atoms with Gasteiger partial charge in [-0.05, 0) is 24.3 Å². The minimum absolute atomic E-state index is 0.293. The van der Waals surface area contributed by atoms with E-state index in [1.807, 2.05) is 0 Å². The first kappa shape index (κ1) is 21.0. The minimum atomic E-state index is -4.97. The number of alkyl halides is 3. The number of para-hydroxylation sites is 1. The second kappa shape index (κ2) is 7.97. The Kier molecular flexibility index (Phi) is 5.59. The van der Waals surface area contributed by atoms with Gasteiger partial charge in [0.25, 0.3) is 0 Å². The molecule has 0 radical (unpaired) electrons. The third-order valence-electron chi connectivity index (χ3n) is 4.21. The van der Waals surface area contributed by atoms with E-state index in [-0.39, 0.29) is 0 Å². The summed E-state index contributed by atoms with van der Waals surface area (Å²) in [6, 6.07) is 10.5. The molecule has 0 bridgehead atoms. The van der Waals surface area contributed by atoms with Crippen LogP contribution in [0.25, 0.3) is 16.9 Å². The molecule has 1 aromatic heterocycles. The molecule has 0 aliphatic rings. The van der Waals surface area contributed by atoms with Crippen LogP contribution in [0.4, 0.5) is 17.6 Å². The molecular formula is C20H14F4N2O4. The zero-order valence-electron chi connectivity index (χ0n) is 15.7. The molecule has 3 rings (SSSR count). The molecule has 1 heterocycles. The van der Waals surface area contributed by atoms with Gasteiger partial charge < -0.3 is 9.47 Å². The Balaban J connectivity index is 2.40. The SMILES string of the molecule is COC(=O)c1c(-c2cccc(C(F)(F)F)c2F)nn(-c2ccccc2)c1C(=O)OC. The van der Waals surface area contributed by atoms with Crippen LogP contribution in [0.15, 0.2) is 48.5 Å². The van der Waals surface area contributed by atoms with Gasteiger partial charge in [-0.15, -0.1) is 0 Å². The normalized spacial score (nSPS) is 11.3. The number of methoxy groups -OCH3 is 2. The van der Waals surface area contributed by atoms with Gasteiger partial charge in [-0.3, -0.25) is 0 Å². The third kappa shape index (κ3) is 3.63. The highest BCUT2D eigenvalue weighted by Gasteiger charge is 2.37. The van der Waals surface area contributed by atoms with Gasteiger partial charge in [-0.25, -0.2) is 18.7 Å². The van der Waals surface area contributed by atoms with Crippen LogP contribution >= 0.6 is 0 Å². The van der Waals surface area contributed by atoms with Crippen molar-refractivity contribution in [3.05, 3.63) is 71.2 Å². The van der Waals surface area contributed by atoms with Crippen molar-refractivity contribution in [2.24, 2.45) is 0 Å². The molecule has 0 amide bonds. The van der Waals surface area contributed by atoms with E-state index in [1.165, 1.54) is 12.1 Å². The molecule has 10 heteroatoms. The lowest BCUT2D eigenvalue weighted by molar-refractivity contribution is -0.139. The predicted molar refractivity (Wildman–Crippen MR) is 96.6 cm³/mol. The van der Waals surface area contributed by atoms with E-state index in [2.05, 4.69) is 9.84 Å². The fourth-order valence-electron chi connectivity index (χ4n) is 2.88. The van der Waals surface area contributed by atoms with Crippen molar-refractivity contribution < 1.29 is 36.6 Å². The van der Waals surface area contributed by atoms with Crippen molar-refractivity contribution in [2.45, 2.75) is 6.18 Å². The summed E-state index contributed by atoms with van der Waals surface area (Å²) >= 11 is 0. The van der Waals surface area contributed by atoms with E-state index in [0.29, 0.717) is 11.8 Å². The first-order chi connectivity index (χ1) is 14.2. The summed E-state index contributed by atoms with van der Waals surface area (Å²) in [5.74, 6) is -3.74. The molecule has 3 aromatic rings. The van der Waals surface area contributed by atoms with E-state index >= 15 is 0 Å². The summed E-state index contributed by atoms with van der Waals surface area (Å²) < 4.78 is 64.7. The Morgan fingerprint density at radius 1 is 0.933 bits per heavy atom. The van der Waals surface area contributed by atoms with Crippen molar-refractivity contribution in [1.82, 2.24) is 9.78 Å². The fourth-order valence-corrected chi connectivity index (χ4v) is 2.88. The van der Waals surface area contributed by atoms with Crippen LogP contribution in [0.1, 0.15) is 26.4 Å². The number of halogens is 4. The van der Waals surface area contributed by atoms with E-state index < -0.39 is 52.0 Å². The zero-order chi connectivity index (χ0) is 22.1. The standard InChI is InChI=1S/C20H14F4N2O4/c1-29-18(27)14-16(12-9-6-10-13(15(12)21)20(22,23)24)25-26(17(14)19(28)30-2)11-7-4-3-5-8-11/h3-10H,1-2H3. The van der Waals surface area contributed by atoms with Crippen molar-refractivity contribution in [3.8, 4) is 16.9 Å². The topological polar surface area (TPSA) is 70.4 Å². The summed E-state index contributed by atoms with van der Waals surface area (Å²) in [7, 11) is 2.06. The third-order valence-corrected chi connectivity index (χ3v) is 4.21. The second-order valence-electron chi connectivity index (χ2n) is 5.97. The molecule has 0 aliphatic heterocycles. The molecule has 0 saturated carbocycles. The second-order valence-corrected chi connectivity index (χ2v) is 5.97. The number of rotatable bonds is 4. The maximum absolute atomic E-state index is 14.8. The number of hydrogen-bond donors (Lipinski definition) is 0. The highest BCUT2D eigenvalue weighted by atomic mass is 19.4. The largest absolute Gasteiger partial charge is 0.465 e. The van der Waals surface area contributed by atoms with Crippen molar-refractivity contribution in [3.63, 3.8) is 0 Å². The Morgan fingerprint density at radius 3 is 2.13 bits per heavy atom. The van der Waals surface area contributed by atoms with Gasteiger partial charge in [0.05, 0.1) is 25.5 Å². The van der Waals surface area contributed by atoms with Crippen molar-refractivity contribution in [2.75, 3.05) is 14.2 Å². The van der Waals surface area contributed by atoms with Gasteiger partial charge in [0.15, 0.2) is 5.69 Å². The number of benzene rings is 2. The van der Waals surface area contributed by atoms with E-state index in [0.717, 1.165) is 31.0 Å². The summed E-state index contributed by atoms with van der Waals surface area (Å²) in [6.07, 6.45) is -4.97. The van der Waals surface area contributed by atoms with Crippen molar-refractivity contribution in [1.29, 1.82) is 0 Å². The molecule has 0 saturated heterocycles. The van der Waals surface area contributed by atoms with Gasteiger partial charge >= 0.3 is 18.1 Å². The monoisotopic (exact) mass is 422 g/mol. The molecule has 0 aliphatic carbocycles. The number of esters is 2. The predicted octanol–water partition coefficient (Wildman–Crippen LogP) is 4.27. The van der Waals surface area contributed by atoms with Crippen LogP contribution in [0.2, 0.25) is 0 Å². The van der Waals surface area contributed by atoms with Crippen molar-refractivity contribution >= 4 is 11.9 Å². The number of ether oxygens (including phenoxy) is 2. The zero-order valence-corrected chi connectivity index (χ0v) is 15.7. The van der Waals surface area contributed by atoms with Crippen LogP contribution < -0.4 is 0 Å². The van der Waals surface area contributed by atoms with Gasteiger partial charge in [0.1, 0.15) is 17.1 Å². The van der Waals surface area contributed by atoms with Crippen LogP contribution in [0, 0.1) is 5.82 Å². The Labute approximate surface area is 167 Å². The molecule has 0 atom stereocenters. The highest BCUT2D eigenvalue weighted by molar-refractivity contribution is 6.06. The summed E-state index contributed by atoms with van der Waals surface area (Å²) in [5, 5.41) is 4.08. The maximum Gasteiger partial charge on any atom is 0.419 e. The lowest BCUT2D eigenvalue weighted by Crippen LogP contribution is -2.15. The number of nitrogens with zero attached hydrogens (tertiary/aromatic N) is 2. The minimum Gasteiger partial charge on any atom is -0.465 e. The average molecular weight is 422 g/mol. The smallest absolute Gasteiger partial charge is 0.419 e. The van der Waals surface area contributed by atoms with Crippen LogP contribution in [0.5, 0.6) is 0 Å². The number of carbonyl (C=O) groups is 2. The summed E-state index contributed by atoms with van der Waals surface area (Å²) in [4.78, 5) is 24.9. The lowest BCUT2D eigenvalue weighted by atomic mass is 10.0. The first-order valence-electron chi connectivity index (χ1n) is 8.41. The molecule has 0 fully saturated rings. The molecular weight excluding hydrogens is 408 g/mol.